The van der Waals surface area contributed by atoms with E-state index in [1.807, 2.05) is 0 Å². The SMILES string of the molecule is COC(=O)c1ccccc1N=C/C(C(=O)C(F)(F)F)=C(\O)c1ccccc1. The number of hydrogen-bond acceptors (Lipinski definition) is 5. The van der Waals surface area contributed by atoms with E-state index in [0.29, 0.717) is 6.21 Å². The summed E-state index contributed by atoms with van der Waals surface area (Å²) in [6, 6.07) is 13.0. The molecule has 0 radical (unpaired) electrons. The molecule has 0 heterocycles. The van der Waals surface area contributed by atoms with Crippen LogP contribution in [0.4, 0.5) is 18.9 Å². The van der Waals surface area contributed by atoms with Crippen molar-refractivity contribution in [2.75, 3.05) is 7.11 Å². The number of para-hydroxylation sites is 1. The predicted molar refractivity (Wildman–Crippen MR) is 93.0 cm³/mol. The van der Waals surface area contributed by atoms with E-state index in [-0.39, 0.29) is 16.8 Å². The van der Waals surface area contributed by atoms with Crippen LogP contribution in [0.2, 0.25) is 0 Å². The summed E-state index contributed by atoms with van der Waals surface area (Å²) in [4.78, 5) is 27.3. The zero-order valence-electron chi connectivity index (χ0n) is 14.0. The van der Waals surface area contributed by atoms with Gasteiger partial charge in [0.25, 0.3) is 5.78 Å². The van der Waals surface area contributed by atoms with Crippen molar-refractivity contribution in [3.8, 4) is 0 Å². The van der Waals surface area contributed by atoms with Crippen molar-refractivity contribution in [1.29, 1.82) is 0 Å². The number of ketones is 1. The zero-order chi connectivity index (χ0) is 20.0. The van der Waals surface area contributed by atoms with Crippen LogP contribution in [-0.4, -0.2) is 36.4 Å². The number of nitrogens with zero attached hydrogens (tertiary/aromatic N) is 1. The Morgan fingerprint density at radius 2 is 1.63 bits per heavy atom. The monoisotopic (exact) mass is 377 g/mol. The van der Waals surface area contributed by atoms with Gasteiger partial charge in [-0.25, -0.2) is 4.79 Å². The average Bonchev–Trinajstić information content (AvgIpc) is 2.67. The number of benzene rings is 2. The number of rotatable bonds is 5. The van der Waals surface area contributed by atoms with Crippen LogP contribution in [0.5, 0.6) is 0 Å². The van der Waals surface area contributed by atoms with E-state index >= 15 is 0 Å². The third-order valence-electron chi connectivity index (χ3n) is 3.45. The van der Waals surface area contributed by atoms with Gasteiger partial charge in [0, 0.05) is 11.8 Å². The van der Waals surface area contributed by atoms with Crippen LogP contribution in [0.3, 0.4) is 0 Å². The van der Waals surface area contributed by atoms with E-state index < -0.39 is 29.3 Å². The minimum Gasteiger partial charge on any atom is -0.506 e. The molecule has 0 saturated heterocycles. The standard InChI is InChI=1S/C19H14F3NO4/c1-27-18(26)13-9-5-6-10-15(13)23-11-14(17(25)19(20,21)22)16(24)12-7-3-2-4-8-12/h2-11,24H,1H3/b16-14+,23-11?. The molecule has 0 aliphatic rings. The van der Waals surface area contributed by atoms with Gasteiger partial charge in [0.2, 0.25) is 0 Å². The number of Topliss-reactive ketones (excluding diaryl/α,β-unsaturated/α-hetero) is 1. The molecule has 0 spiro atoms. The molecule has 0 unspecified atom stereocenters. The van der Waals surface area contributed by atoms with Gasteiger partial charge >= 0.3 is 12.1 Å². The van der Waals surface area contributed by atoms with E-state index in [1.165, 1.54) is 48.5 Å². The summed E-state index contributed by atoms with van der Waals surface area (Å²) in [6.07, 6.45) is -4.63. The van der Waals surface area contributed by atoms with Gasteiger partial charge in [-0.3, -0.25) is 9.79 Å². The van der Waals surface area contributed by atoms with Gasteiger partial charge in [0.15, 0.2) is 0 Å². The molecule has 2 aromatic carbocycles. The summed E-state index contributed by atoms with van der Waals surface area (Å²) < 4.78 is 43.4. The first-order valence-corrected chi connectivity index (χ1v) is 7.57. The van der Waals surface area contributed by atoms with Crippen LogP contribution in [0.1, 0.15) is 15.9 Å². The second kappa shape index (κ2) is 8.31. The minimum atomic E-state index is -5.22. The van der Waals surface area contributed by atoms with E-state index in [4.69, 9.17) is 0 Å². The Bertz CT molecular complexity index is 903. The Balaban J connectivity index is 2.56. The number of allylic oxidation sites excluding steroid dienone is 1. The number of carbonyl (C=O) groups is 2. The van der Waals surface area contributed by atoms with E-state index in [1.54, 1.807) is 6.07 Å². The number of carbonyl (C=O) groups excluding carboxylic acids is 2. The molecule has 27 heavy (non-hydrogen) atoms. The summed E-state index contributed by atoms with van der Waals surface area (Å²) >= 11 is 0. The lowest BCUT2D eigenvalue weighted by molar-refractivity contribution is -0.165. The predicted octanol–water partition coefficient (Wildman–Crippen LogP) is 4.28. The number of esters is 1. The Kier molecular flexibility index (Phi) is 6.12. The number of aliphatic imine (C=N–C) groups is 1. The number of halogens is 3. The third-order valence-corrected chi connectivity index (χ3v) is 3.45. The Morgan fingerprint density at radius 1 is 1.04 bits per heavy atom. The lowest BCUT2D eigenvalue weighted by Gasteiger charge is -2.09. The molecule has 0 fully saturated rings. The maximum atomic E-state index is 12.9. The van der Waals surface area contributed by atoms with Gasteiger partial charge in [0.1, 0.15) is 5.76 Å². The zero-order valence-corrected chi connectivity index (χ0v) is 14.0. The van der Waals surface area contributed by atoms with Crippen LogP contribution in [0, 0.1) is 0 Å². The molecule has 2 rings (SSSR count). The summed E-state index contributed by atoms with van der Waals surface area (Å²) in [6.45, 7) is 0. The van der Waals surface area contributed by atoms with E-state index in [2.05, 4.69) is 9.73 Å². The molecule has 0 aliphatic carbocycles. The normalized spacial score (nSPS) is 12.6. The van der Waals surface area contributed by atoms with Crippen molar-refractivity contribution >= 4 is 29.4 Å². The first-order chi connectivity index (χ1) is 12.8. The Morgan fingerprint density at radius 3 is 2.22 bits per heavy atom. The lowest BCUT2D eigenvalue weighted by Crippen LogP contribution is -2.26. The fourth-order valence-corrected chi connectivity index (χ4v) is 2.13. The maximum Gasteiger partial charge on any atom is 0.455 e. The van der Waals surface area contributed by atoms with Crippen LogP contribution in [-0.2, 0) is 9.53 Å². The highest BCUT2D eigenvalue weighted by atomic mass is 19.4. The smallest absolute Gasteiger partial charge is 0.455 e. The summed E-state index contributed by atoms with van der Waals surface area (Å²) in [5, 5.41) is 10.2. The Labute approximate surface area is 152 Å². The highest BCUT2D eigenvalue weighted by molar-refractivity contribution is 6.20. The summed E-state index contributed by atoms with van der Waals surface area (Å²) in [5.41, 5.74) is -1.06. The van der Waals surface area contributed by atoms with E-state index in [0.717, 1.165) is 7.11 Å². The van der Waals surface area contributed by atoms with Crippen LogP contribution in [0.15, 0.2) is 65.2 Å². The molecular formula is C19H14F3NO4. The molecule has 0 saturated carbocycles. The van der Waals surface area contributed by atoms with Crippen molar-refractivity contribution < 1.29 is 32.6 Å². The highest BCUT2D eigenvalue weighted by Gasteiger charge is 2.41. The van der Waals surface area contributed by atoms with Crippen LogP contribution < -0.4 is 0 Å². The Hall–Kier alpha value is -3.42. The second-order valence-corrected chi connectivity index (χ2v) is 5.22. The molecule has 2 aromatic rings. The number of aliphatic hydroxyl groups is 1. The topological polar surface area (TPSA) is 76.0 Å². The van der Waals surface area contributed by atoms with Gasteiger partial charge < -0.3 is 9.84 Å². The molecule has 0 bridgehead atoms. The fraction of sp³-hybridized carbons (Fsp3) is 0.105. The second-order valence-electron chi connectivity index (χ2n) is 5.22. The first-order valence-electron chi connectivity index (χ1n) is 7.57. The van der Waals surface area contributed by atoms with Crippen molar-refractivity contribution in [2.45, 2.75) is 6.18 Å². The molecule has 1 N–H and O–H groups in total. The van der Waals surface area contributed by atoms with Gasteiger partial charge in [-0.1, -0.05) is 42.5 Å². The number of alkyl halides is 3. The van der Waals surface area contributed by atoms with Crippen molar-refractivity contribution in [3.63, 3.8) is 0 Å². The number of aliphatic hydroxyl groups excluding tert-OH is 1. The quantitative estimate of drug-likeness (QED) is 0.365. The third kappa shape index (κ3) is 4.81. The van der Waals surface area contributed by atoms with Crippen molar-refractivity contribution in [3.05, 3.63) is 71.3 Å². The lowest BCUT2D eigenvalue weighted by atomic mass is 10.1. The first kappa shape index (κ1) is 19.9. The van der Waals surface area contributed by atoms with Gasteiger partial charge in [-0.15, -0.1) is 0 Å². The minimum absolute atomic E-state index is 0.00532. The molecule has 5 nitrogen and oxygen atoms in total. The number of methoxy groups -OCH3 is 1. The molecule has 8 heteroatoms. The van der Waals surface area contributed by atoms with Crippen molar-refractivity contribution in [2.24, 2.45) is 4.99 Å². The largest absolute Gasteiger partial charge is 0.506 e. The molecule has 140 valence electrons. The molecule has 0 aromatic heterocycles. The summed E-state index contributed by atoms with van der Waals surface area (Å²) in [5.74, 6) is -3.89. The molecule has 0 aliphatic heterocycles. The molecule has 0 atom stereocenters. The van der Waals surface area contributed by atoms with Crippen LogP contribution in [0.25, 0.3) is 5.76 Å². The molecule has 0 amide bonds. The van der Waals surface area contributed by atoms with E-state index in [9.17, 15) is 27.9 Å². The van der Waals surface area contributed by atoms with Crippen molar-refractivity contribution in [1.82, 2.24) is 0 Å². The van der Waals surface area contributed by atoms with Gasteiger partial charge in [-0.2, -0.15) is 13.2 Å². The fourth-order valence-electron chi connectivity index (χ4n) is 2.13. The average molecular weight is 377 g/mol. The van der Waals surface area contributed by atoms with Gasteiger partial charge in [-0.05, 0) is 12.1 Å². The maximum absolute atomic E-state index is 12.9. The molecular weight excluding hydrogens is 363 g/mol. The summed E-state index contributed by atoms with van der Waals surface area (Å²) in [7, 11) is 1.14. The van der Waals surface area contributed by atoms with Gasteiger partial charge in [0.05, 0.1) is 23.9 Å². The van der Waals surface area contributed by atoms with Crippen LogP contribution >= 0.6 is 0 Å². The number of ether oxygens (including phenoxy) is 1. The number of hydrogen-bond donors (Lipinski definition) is 1. The highest BCUT2D eigenvalue weighted by Crippen LogP contribution is 2.26.